The maximum absolute atomic E-state index is 12.5. The molecule has 0 aromatic heterocycles. The summed E-state index contributed by atoms with van der Waals surface area (Å²) in [6.07, 6.45) is 0.101. The van der Waals surface area contributed by atoms with Crippen molar-refractivity contribution >= 4 is 28.5 Å². The van der Waals surface area contributed by atoms with Crippen molar-refractivity contribution in [2.75, 3.05) is 6.16 Å². The number of carbonyl (C=O) groups is 1. The summed E-state index contributed by atoms with van der Waals surface area (Å²) in [6, 6.07) is 28.9. The van der Waals surface area contributed by atoms with Gasteiger partial charge in [0.1, 0.15) is 0 Å². The molecule has 3 rings (SSSR count). The van der Waals surface area contributed by atoms with E-state index in [2.05, 4.69) is 0 Å². The van der Waals surface area contributed by atoms with Crippen LogP contribution in [0.25, 0.3) is 0 Å². The van der Waals surface area contributed by atoms with Crippen LogP contribution in [0, 0.1) is 0 Å². The molecule has 0 saturated carbocycles. The molecule has 3 aromatic rings. The van der Waals surface area contributed by atoms with Gasteiger partial charge in [0.2, 0.25) is 0 Å². The SMILES string of the molecule is CC(=O)CP(O)(c1ccccc1)(c1ccccc1)c1ccccc1. The zero-order valence-electron chi connectivity index (χ0n) is 13.7. The van der Waals surface area contributed by atoms with Crippen LogP contribution in [0.3, 0.4) is 0 Å². The second-order valence-electron chi connectivity index (χ2n) is 6.12. The van der Waals surface area contributed by atoms with Gasteiger partial charge in [-0.3, -0.25) is 0 Å². The van der Waals surface area contributed by atoms with Gasteiger partial charge >= 0.3 is 142 Å². The van der Waals surface area contributed by atoms with Crippen LogP contribution in [0.5, 0.6) is 0 Å². The van der Waals surface area contributed by atoms with Crippen molar-refractivity contribution in [3.8, 4) is 0 Å². The van der Waals surface area contributed by atoms with Gasteiger partial charge in [0, 0.05) is 0 Å². The topological polar surface area (TPSA) is 37.3 Å². The number of rotatable bonds is 5. The zero-order chi connectivity index (χ0) is 17.1. The normalized spacial score (nSPS) is 13.0. The third-order valence-corrected chi connectivity index (χ3v) is 9.76. The molecular formula is C21H21O2P. The van der Waals surface area contributed by atoms with Crippen molar-refractivity contribution in [3.05, 3.63) is 91.0 Å². The van der Waals surface area contributed by atoms with E-state index in [1.807, 2.05) is 91.0 Å². The minimum atomic E-state index is -3.85. The van der Waals surface area contributed by atoms with Gasteiger partial charge in [-0.05, 0) is 0 Å². The van der Waals surface area contributed by atoms with E-state index in [1.165, 1.54) is 0 Å². The van der Waals surface area contributed by atoms with E-state index < -0.39 is 6.83 Å². The Balaban J connectivity index is 2.45. The standard InChI is InChI=1S/C21H21O2P/c1-18(22)17-24(23,19-11-5-2-6-12-19,20-13-7-3-8-14-20)21-15-9-4-10-16-21/h2-16,23H,17H2,1H3. The fraction of sp³-hybridized carbons (Fsp3) is 0.0952. The molecule has 0 saturated heterocycles. The first kappa shape index (κ1) is 16.6. The Morgan fingerprint density at radius 2 is 1.00 bits per heavy atom. The van der Waals surface area contributed by atoms with Crippen LogP contribution in [-0.2, 0) is 4.79 Å². The summed E-state index contributed by atoms with van der Waals surface area (Å²) in [5.74, 6) is -0.0216. The fourth-order valence-electron chi connectivity index (χ4n) is 3.40. The first-order chi connectivity index (χ1) is 11.6. The van der Waals surface area contributed by atoms with Gasteiger partial charge in [0.05, 0.1) is 0 Å². The van der Waals surface area contributed by atoms with Crippen molar-refractivity contribution in [1.29, 1.82) is 0 Å². The maximum atomic E-state index is 12.5. The number of hydrogen-bond donors (Lipinski definition) is 1. The van der Waals surface area contributed by atoms with E-state index in [1.54, 1.807) is 6.92 Å². The molecule has 24 heavy (non-hydrogen) atoms. The summed E-state index contributed by atoms with van der Waals surface area (Å²) in [5, 5.41) is 2.45. The third kappa shape index (κ3) is 2.58. The molecule has 1 N–H and O–H groups in total. The van der Waals surface area contributed by atoms with Crippen molar-refractivity contribution in [1.82, 2.24) is 0 Å². The first-order valence-electron chi connectivity index (χ1n) is 7.98. The molecule has 0 heterocycles. The van der Waals surface area contributed by atoms with E-state index in [-0.39, 0.29) is 11.9 Å². The number of carbonyl (C=O) groups excluding carboxylic acids is 1. The van der Waals surface area contributed by atoms with Crippen LogP contribution in [0.2, 0.25) is 0 Å². The summed E-state index contributed by atoms with van der Waals surface area (Å²) in [6.45, 7) is -2.30. The second-order valence-corrected chi connectivity index (χ2v) is 10.5. The number of Topliss-reactive ketones (excluding diaryl/α,β-unsaturated/α-hetero) is 1. The van der Waals surface area contributed by atoms with E-state index in [4.69, 9.17) is 0 Å². The number of hydrogen-bond acceptors (Lipinski definition) is 2. The second kappa shape index (κ2) is 6.32. The Labute approximate surface area is 142 Å². The van der Waals surface area contributed by atoms with Crippen molar-refractivity contribution in [3.63, 3.8) is 0 Å². The summed E-state index contributed by atoms with van der Waals surface area (Å²) in [5.41, 5.74) is 0. The Morgan fingerprint density at radius 1 is 0.708 bits per heavy atom. The molecule has 0 aliphatic carbocycles. The van der Waals surface area contributed by atoms with Gasteiger partial charge in [0.15, 0.2) is 0 Å². The van der Waals surface area contributed by atoms with Crippen LogP contribution in [0.15, 0.2) is 91.0 Å². The molecule has 3 heteroatoms. The van der Waals surface area contributed by atoms with E-state index in [0.29, 0.717) is 0 Å². The first-order valence-corrected chi connectivity index (χ1v) is 10.4. The molecule has 0 aliphatic heterocycles. The fourth-order valence-corrected chi connectivity index (χ4v) is 8.15. The quantitative estimate of drug-likeness (QED) is 0.727. The summed E-state index contributed by atoms with van der Waals surface area (Å²) in [7, 11) is 0. The van der Waals surface area contributed by atoms with Gasteiger partial charge < -0.3 is 0 Å². The summed E-state index contributed by atoms with van der Waals surface area (Å²) < 4.78 is 0. The molecule has 0 radical (unpaired) electrons. The molecule has 0 fully saturated rings. The van der Waals surface area contributed by atoms with Gasteiger partial charge in [-0.2, -0.15) is 0 Å². The number of ketones is 1. The van der Waals surface area contributed by atoms with E-state index in [9.17, 15) is 9.69 Å². The third-order valence-electron chi connectivity index (χ3n) is 4.47. The van der Waals surface area contributed by atoms with Crippen LogP contribution < -0.4 is 15.9 Å². The van der Waals surface area contributed by atoms with Crippen molar-refractivity contribution in [2.24, 2.45) is 0 Å². The predicted octanol–water partition coefficient (Wildman–Crippen LogP) is 3.01. The molecular weight excluding hydrogens is 315 g/mol. The van der Waals surface area contributed by atoms with Gasteiger partial charge in [-0.1, -0.05) is 0 Å². The molecule has 122 valence electrons. The molecule has 0 atom stereocenters. The van der Waals surface area contributed by atoms with Crippen molar-refractivity contribution in [2.45, 2.75) is 6.92 Å². The minimum absolute atomic E-state index is 0.0216. The van der Waals surface area contributed by atoms with Crippen LogP contribution in [0.4, 0.5) is 0 Å². The zero-order valence-corrected chi connectivity index (χ0v) is 14.6. The summed E-state index contributed by atoms with van der Waals surface area (Å²) in [4.78, 5) is 24.7. The van der Waals surface area contributed by atoms with Crippen LogP contribution >= 0.6 is 6.83 Å². The summed E-state index contributed by atoms with van der Waals surface area (Å²) >= 11 is 0. The van der Waals surface area contributed by atoms with Gasteiger partial charge in [-0.25, -0.2) is 0 Å². The molecule has 0 spiro atoms. The molecule has 3 aromatic carbocycles. The average molecular weight is 336 g/mol. The van der Waals surface area contributed by atoms with E-state index in [0.717, 1.165) is 15.9 Å². The predicted molar refractivity (Wildman–Crippen MR) is 103 cm³/mol. The average Bonchev–Trinajstić information content (AvgIpc) is 2.63. The Kier molecular flexibility index (Phi) is 4.36. The molecule has 0 aliphatic rings. The number of benzene rings is 3. The Bertz CT molecular complexity index is 730. The monoisotopic (exact) mass is 336 g/mol. The Morgan fingerprint density at radius 3 is 1.25 bits per heavy atom. The van der Waals surface area contributed by atoms with Gasteiger partial charge in [0.25, 0.3) is 0 Å². The van der Waals surface area contributed by atoms with E-state index >= 15 is 0 Å². The van der Waals surface area contributed by atoms with Crippen LogP contribution in [0.1, 0.15) is 6.92 Å². The van der Waals surface area contributed by atoms with Gasteiger partial charge in [-0.15, -0.1) is 0 Å². The van der Waals surface area contributed by atoms with Crippen LogP contribution in [-0.4, -0.2) is 16.8 Å². The van der Waals surface area contributed by atoms with Crippen molar-refractivity contribution < 1.29 is 9.69 Å². The molecule has 0 unspecified atom stereocenters. The molecule has 0 amide bonds. The molecule has 0 bridgehead atoms. The molecule has 2 nitrogen and oxygen atoms in total. The Hall–Kier alpha value is -2.28.